The van der Waals surface area contributed by atoms with Gasteiger partial charge in [0.25, 0.3) is 0 Å². The molecule has 2 N–H and O–H groups in total. The van der Waals surface area contributed by atoms with Crippen LogP contribution in [0.4, 0.5) is 4.79 Å². The molecule has 2 rings (SSSR count). The minimum absolute atomic E-state index is 0.00582. The van der Waals surface area contributed by atoms with Crippen molar-refractivity contribution in [3.05, 3.63) is 12.7 Å². The van der Waals surface area contributed by atoms with Crippen LogP contribution in [0.1, 0.15) is 38.5 Å². The Morgan fingerprint density at radius 1 is 1.10 bits per heavy atom. The van der Waals surface area contributed by atoms with Gasteiger partial charge in [-0.1, -0.05) is 6.08 Å². The number of carboxylic acid groups (broad SMARTS) is 1. The lowest BCUT2D eigenvalue weighted by Gasteiger charge is -2.33. The fourth-order valence-corrected chi connectivity index (χ4v) is 3.09. The van der Waals surface area contributed by atoms with Crippen molar-refractivity contribution >= 4 is 12.0 Å². The third-order valence-corrected chi connectivity index (χ3v) is 4.56. The molecule has 0 aromatic heterocycles. The van der Waals surface area contributed by atoms with Crippen LogP contribution in [0.3, 0.4) is 0 Å². The molecule has 112 valence electrons. The Labute approximate surface area is 120 Å². The van der Waals surface area contributed by atoms with Crippen LogP contribution >= 0.6 is 0 Å². The number of nitrogens with one attached hydrogen (secondary N) is 1. The average molecular weight is 280 g/mol. The number of carbonyl (C=O) groups is 2. The Balaban J connectivity index is 1.73. The number of carbonyl (C=O) groups excluding carboxylic acids is 1. The second kappa shape index (κ2) is 6.77. The van der Waals surface area contributed by atoms with Gasteiger partial charge in [-0.2, -0.15) is 0 Å². The fourth-order valence-electron chi connectivity index (χ4n) is 3.09. The molecule has 5 heteroatoms. The number of urea groups is 1. The van der Waals surface area contributed by atoms with Gasteiger partial charge in [0.2, 0.25) is 0 Å². The van der Waals surface area contributed by atoms with E-state index in [1.54, 1.807) is 0 Å². The molecule has 2 aliphatic rings. The van der Waals surface area contributed by atoms with Crippen LogP contribution in [0, 0.1) is 11.8 Å². The molecule has 0 aromatic rings. The lowest BCUT2D eigenvalue weighted by atomic mass is 9.86. The Morgan fingerprint density at radius 2 is 1.70 bits per heavy atom. The number of piperidine rings is 1. The monoisotopic (exact) mass is 280 g/mol. The lowest BCUT2D eigenvalue weighted by molar-refractivity contribution is -0.142. The van der Waals surface area contributed by atoms with E-state index < -0.39 is 5.97 Å². The van der Waals surface area contributed by atoms with E-state index in [0.29, 0.717) is 18.8 Å². The van der Waals surface area contributed by atoms with E-state index in [9.17, 15) is 9.59 Å². The van der Waals surface area contributed by atoms with E-state index >= 15 is 0 Å². The van der Waals surface area contributed by atoms with Gasteiger partial charge < -0.3 is 15.3 Å². The molecule has 2 amide bonds. The Kier molecular flexibility index (Phi) is 5.04. The van der Waals surface area contributed by atoms with Gasteiger partial charge in [-0.15, -0.1) is 6.58 Å². The summed E-state index contributed by atoms with van der Waals surface area (Å²) in [6.07, 6.45) is 6.82. The van der Waals surface area contributed by atoms with Crippen LogP contribution in [-0.2, 0) is 4.79 Å². The number of allylic oxidation sites excluding steroid dienone is 1. The van der Waals surface area contributed by atoms with E-state index in [1.807, 2.05) is 11.0 Å². The quantitative estimate of drug-likeness (QED) is 0.779. The van der Waals surface area contributed by atoms with Gasteiger partial charge in [0.1, 0.15) is 0 Å². The number of rotatable bonds is 3. The van der Waals surface area contributed by atoms with Gasteiger partial charge in [0, 0.05) is 19.1 Å². The van der Waals surface area contributed by atoms with Crippen LogP contribution in [0.2, 0.25) is 0 Å². The largest absolute Gasteiger partial charge is 0.481 e. The van der Waals surface area contributed by atoms with Gasteiger partial charge in [0.15, 0.2) is 0 Å². The van der Waals surface area contributed by atoms with Crippen molar-refractivity contribution in [1.82, 2.24) is 10.2 Å². The first kappa shape index (κ1) is 14.9. The predicted molar refractivity (Wildman–Crippen MR) is 76.4 cm³/mol. The van der Waals surface area contributed by atoms with E-state index in [0.717, 1.165) is 38.8 Å². The molecule has 0 atom stereocenters. The molecule has 1 saturated carbocycles. The lowest BCUT2D eigenvalue weighted by Crippen LogP contribution is -2.48. The van der Waals surface area contributed by atoms with Gasteiger partial charge in [-0.25, -0.2) is 4.79 Å². The number of aliphatic carboxylic acids is 1. The van der Waals surface area contributed by atoms with Gasteiger partial charge >= 0.3 is 12.0 Å². The first-order chi connectivity index (χ1) is 9.60. The van der Waals surface area contributed by atoms with E-state index in [-0.39, 0.29) is 18.0 Å². The van der Waals surface area contributed by atoms with Crippen LogP contribution in [0.25, 0.3) is 0 Å². The molecule has 0 unspecified atom stereocenters. The van der Waals surface area contributed by atoms with Crippen molar-refractivity contribution in [1.29, 1.82) is 0 Å². The maximum atomic E-state index is 12.1. The second-order valence-corrected chi connectivity index (χ2v) is 5.90. The zero-order valence-corrected chi connectivity index (χ0v) is 11.9. The molecule has 0 spiro atoms. The highest BCUT2D eigenvalue weighted by Crippen LogP contribution is 2.25. The molecule has 1 heterocycles. The summed E-state index contributed by atoms with van der Waals surface area (Å²) in [6.45, 7) is 5.37. The highest BCUT2D eigenvalue weighted by molar-refractivity contribution is 5.74. The third-order valence-electron chi connectivity index (χ3n) is 4.56. The molecule has 1 aliphatic carbocycles. The first-order valence-electron chi connectivity index (χ1n) is 7.51. The standard InChI is InChI=1S/C15H24N2O3/c1-2-11-7-9-17(10-8-11)15(20)16-13-5-3-12(4-6-13)14(18)19/h2,11-13H,1,3-10H2,(H,16,20)(H,18,19). The Hall–Kier alpha value is -1.52. The molecule has 5 nitrogen and oxygen atoms in total. The molecule has 0 bridgehead atoms. The number of carboxylic acids is 1. The predicted octanol–water partition coefficient (Wildman–Crippen LogP) is 2.24. The first-order valence-corrected chi connectivity index (χ1v) is 7.51. The number of hydrogen-bond donors (Lipinski definition) is 2. The minimum atomic E-state index is -0.707. The smallest absolute Gasteiger partial charge is 0.317 e. The van der Waals surface area contributed by atoms with Crippen molar-refractivity contribution in [2.75, 3.05) is 13.1 Å². The van der Waals surface area contributed by atoms with E-state index in [1.165, 1.54) is 0 Å². The third kappa shape index (κ3) is 3.74. The molecule has 1 saturated heterocycles. The Morgan fingerprint density at radius 3 is 2.20 bits per heavy atom. The molecule has 0 radical (unpaired) electrons. The summed E-state index contributed by atoms with van der Waals surface area (Å²) >= 11 is 0. The maximum absolute atomic E-state index is 12.1. The average Bonchev–Trinajstić information content (AvgIpc) is 2.48. The van der Waals surface area contributed by atoms with Gasteiger partial charge in [-0.3, -0.25) is 4.79 Å². The molecular weight excluding hydrogens is 256 g/mol. The summed E-state index contributed by atoms with van der Waals surface area (Å²) < 4.78 is 0. The summed E-state index contributed by atoms with van der Waals surface area (Å²) in [5, 5.41) is 12.0. The van der Waals surface area contributed by atoms with Crippen molar-refractivity contribution < 1.29 is 14.7 Å². The summed E-state index contributed by atoms with van der Waals surface area (Å²) in [6, 6.07) is 0.140. The van der Waals surface area contributed by atoms with Crippen molar-refractivity contribution in [3.63, 3.8) is 0 Å². The molecule has 2 fully saturated rings. The second-order valence-electron chi connectivity index (χ2n) is 5.90. The van der Waals surface area contributed by atoms with Crippen LogP contribution in [-0.4, -0.2) is 41.1 Å². The highest BCUT2D eigenvalue weighted by atomic mass is 16.4. The topological polar surface area (TPSA) is 69.6 Å². The van der Waals surface area contributed by atoms with Crippen LogP contribution in [0.15, 0.2) is 12.7 Å². The minimum Gasteiger partial charge on any atom is -0.481 e. The number of hydrogen-bond acceptors (Lipinski definition) is 2. The molecule has 20 heavy (non-hydrogen) atoms. The summed E-state index contributed by atoms with van der Waals surface area (Å²) in [7, 11) is 0. The summed E-state index contributed by atoms with van der Waals surface area (Å²) in [5.41, 5.74) is 0. The van der Waals surface area contributed by atoms with Crippen molar-refractivity contribution in [2.45, 2.75) is 44.6 Å². The Bertz CT molecular complexity index is 367. The summed E-state index contributed by atoms with van der Waals surface area (Å²) in [5.74, 6) is -0.405. The SMILES string of the molecule is C=CC1CCN(C(=O)NC2CCC(C(=O)O)CC2)CC1. The number of nitrogens with zero attached hydrogens (tertiary/aromatic N) is 1. The molecule has 0 aromatic carbocycles. The fraction of sp³-hybridized carbons (Fsp3) is 0.733. The number of amides is 2. The van der Waals surface area contributed by atoms with Crippen molar-refractivity contribution in [2.24, 2.45) is 11.8 Å². The van der Waals surface area contributed by atoms with Gasteiger partial charge in [0.05, 0.1) is 5.92 Å². The van der Waals surface area contributed by atoms with Crippen molar-refractivity contribution in [3.8, 4) is 0 Å². The molecular formula is C15H24N2O3. The maximum Gasteiger partial charge on any atom is 0.317 e. The van der Waals surface area contributed by atoms with Crippen LogP contribution in [0.5, 0.6) is 0 Å². The molecule has 1 aliphatic heterocycles. The van der Waals surface area contributed by atoms with Crippen LogP contribution < -0.4 is 5.32 Å². The summed E-state index contributed by atoms with van der Waals surface area (Å²) in [4.78, 5) is 24.9. The zero-order valence-electron chi connectivity index (χ0n) is 11.9. The van der Waals surface area contributed by atoms with E-state index in [2.05, 4.69) is 11.9 Å². The normalized spacial score (nSPS) is 27.9. The van der Waals surface area contributed by atoms with Gasteiger partial charge in [-0.05, 0) is 44.4 Å². The van der Waals surface area contributed by atoms with E-state index in [4.69, 9.17) is 5.11 Å². The number of likely N-dealkylation sites (tertiary alicyclic amines) is 1. The zero-order chi connectivity index (χ0) is 14.5. The highest BCUT2D eigenvalue weighted by Gasteiger charge is 2.28.